The van der Waals surface area contributed by atoms with Crippen molar-refractivity contribution in [3.05, 3.63) is 58.9 Å². The van der Waals surface area contributed by atoms with E-state index < -0.39 is 18.3 Å². The number of carbonyl (C=O) groups excluding carboxylic acids is 1. The minimum atomic E-state index is -4.45. The SMILES string of the molecule is Cc1ccc(-n2nc3c(c2N)C(=O)N[C@@]2(CCOc4cc(OCC(F)(F)F)ccc42)C3)nc1. The molecule has 3 N–H and O–H groups in total. The highest BCUT2D eigenvalue weighted by molar-refractivity contribution is 6.01. The van der Waals surface area contributed by atoms with E-state index in [0.717, 1.165) is 5.56 Å². The first-order chi connectivity index (χ1) is 15.7. The van der Waals surface area contributed by atoms with Gasteiger partial charge in [0.1, 0.15) is 22.9 Å². The number of pyridine rings is 1. The van der Waals surface area contributed by atoms with E-state index in [1.54, 1.807) is 18.3 Å². The predicted molar refractivity (Wildman–Crippen MR) is 111 cm³/mol. The molecule has 0 saturated heterocycles. The summed E-state index contributed by atoms with van der Waals surface area (Å²) in [4.78, 5) is 17.4. The van der Waals surface area contributed by atoms with Gasteiger partial charge < -0.3 is 20.5 Å². The van der Waals surface area contributed by atoms with Crippen molar-refractivity contribution in [1.82, 2.24) is 20.1 Å². The minimum absolute atomic E-state index is 0.0323. The van der Waals surface area contributed by atoms with Crippen molar-refractivity contribution in [3.63, 3.8) is 0 Å². The molecule has 33 heavy (non-hydrogen) atoms. The second kappa shape index (κ2) is 7.39. The number of hydrogen-bond acceptors (Lipinski definition) is 6. The van der Waals surface area contributed by atoms with Gasteiger partial charge in [-0.15, -0.1) is 0 Å². The summed E-state index contributed by atoms with van der Waals surface area (Å²) in [5.74, 6) is 0.699. The van der Waals surface area contributed by atoms with E-state index in [2.05, 4.69) is 15.4 Å². The number of fused-ring (bicyclic) bond motifs is 3. The van der Waals surface area contributed by atoms with Crippen LogP contribution in [0.3, 0.4) is 0 Å². The van der Waals surface area contributed by atoms with Gasteiger partial charge in [-0.05, 0) is 30.7 Å². The minimum Gasteiger partial charge on any atom is -0.493 e. The Bertz CT molecular complexity index is 1240. The van der Waals surface area contributed by atoms with Crippen LogP contribution in [0.4, 0.5) is 19.0 Å². The number of benzene rings is 1. The molecule has 11 heteroatoms. The third kappa shape index (κ3) is 3.73. The lowest BCUT2D eigenvalue weighted by atomic mass is 9.77. The van der Waals surface area contributed by atoms with Crippen LogP contribution in [0.25, 0.3) is 5.82 Å². The summed E-state index contributed by atoms with van der Waals surface area (Å²) in [6.45, 7) is 0.773. The van der Waals surface area contributed by atoms with Crippen LogP contribution < -0.4 is 20.5 Å². The summed E-state index contributed by atoms with van der Waals surface area (Å²) in [6.07, 6.45) is -1.96. The Morgan fingerprint density at radius 2 is 2.12 bits per heavy atom. The second-order valence-electron chi connectivity index (χ2n) is 8.19. The largest absolute Gasteiger partial charge is 0.493 e. The Morgan fingerprint density at radius 3 is 2.85 bits per heavy atom. The summed E-state index contributed by atoms with van der Waals surface area (Å²) in [6, 6.07) is 8.10. The molecular formula is C22H20F3N5O3. The highest BCUT2D eigenvalue weighted by atomic mass is 19.4. The average molecular weight is 459 g/mol. The van der Waals surface area contributed by atoms with Crippen molar-refractivity contribution in [2.45, 2.75) is 31.5 Å². The van der Waals surface area contributed by atoms with Crippen LogP contribution in [0, 0.1) is 6.92 Å². The van der Waals surface area contributed by atoms with E-state index in [1.807, 2.05) is 13.0 Å². The van der Waals surface area contributed by atoms with Crippen LogP contribution in [-0.4, -0.2) is 40.1 Å². The molecule has 1 amide bonds. The Labute approximate surface area is 186 Å². The molecule has 8 nitrogen and oxygen atoms in total. The molecule has 1 atom stereocenters. The summed E-state index contributed by atoms with van der Waals surface area (Å²) in [7, 11) is 0. The first-order valence-electron chi connectivity index (χ1n) is 10.2. The maximum Gasteiger partial charge on any atom is 0.422 e. The quantitative estimate of drug-likeness (QED) is 0.624. The number of nitrogen functional groups attached to an aromatic ring is 1. The zero-order valence-corrected chi connectivity index (χ0v) is 17.6. The fraction of sp³-hybridized carbons (Fsp3) is 0.318. The van der Waals surface area contributed by atoms with Crippen molar-refractivity contribution in [1.29, 1.82) is 0 Å². The maximum atomic E-state index is 13.1. The Morgan fingerprint density at radius 1 is 1.30 bits per heavy atom. The number of amides is 1. The van der Waals surface area contributed by atoms with Gasteiger partial charge in [0.05, 0.1) is 17.8 Å². The summed E-state index contributed by atoms with van der Waals surface area (Å²) in [5, 5.41) is 7.62. The lowest BCUT2D eigenvalue weighted by molar-refractivity contribution is -0.153. The van der Waals surface area contributed by atoms with Crippen molar-refractivity contribution in [2.24, 2.45) is 0 Å². The van der Waals surface area contributed by atoms with E-state index in [0.29, 0.717) is 41.2 Å². The number of aryl methyl sites for hydroxylation is 1. The van der Waals surface area contributed by atoms with Gasteiger partial charge in [0.2, 0.25) is 0 Å². The number of halogens is 3. The molecule has 1 aromatic carbocycles. The summed E-state index contributed by atoms with van der Waals surface area (Å²) in [5.41, 5.74) is 7.86. The van der Waals surface area contributed by atoms with Crippen LogP contribution in [0.2, 0.25) is 0 Å². The number of nitrogens with one attached hydrogen (secondary N) is 1. The number of anilines is 1. The molecule has 5 rings (SSSR count). The van der Waals surface area contributed by atoms with Gasteiger partial charge in [-0.2, -0.15) is 23.0 Å². The standard InChI is InChI=1S/C22H20F3N5O3/c1-12-2-5-17(27-10-12)30-19(26)18-15(29-30)9-21(28-20(18)31)6-7-32-16-8-13(3-4-14(16)21)33-11-22(23,24)25/h2-5,8,10H,6-7,9,11,26H2,1H3,(H,28,31)/t21-/m0/s1. The first-order valence-corrected chi connectivity index (χ1v) is 10.2. The van der Waals surface area contributed by atoms with Gasteiger partial charge in [-0.25, -0.2) is 4.98 Å². The highest BCUT2D eigenvalue weighted by Crippen LogP contribution is 2.44. The molecule has 0 unspecified atom stereocenters. The van der Waals surface area contributed by atoms with E-state index >= 15 is 0 Å². The van der Waals surface area contributed by atoms with Crippen LogP contribution >= 0.6 is 0 Å². The summed E-state index contributed by atoms with van der Waals surface area (Å²) >= 11 is 0. The smallest absolute Gasteiger partial charge is 0.422 e. The van der Waals surface area contributed by atoms with E-state index in [-0.39, 0.29) is 24.1 Å². The van der Waals surface area contributed by atoms with Crippen LogP contribution in [0.1, 0.15) is 33.6 Å². The van der Waals surface area contributed by atoms with Crippen LogP contribution in [0.5, 0.6) is 11.5 Å². The Kier molecular flexibility index (Phi) is 4.73. The van der Waals surface area contributed by atoms with Gasteiger partial charge in [0, 0.05) is 30.7 Å². The lowest BCUT2D eigenvalue weighted by Gasteiger charge is -2.41. The Hall–Kier alpha value is -3.76. The van der Waals surface area contributed by atoms with Gasteiger partial charge >= 0.3 is 6.18 Å². The maximum absolute atomic E-state index is 13.1. The summed E-state index contributed by atoms with van der Waals surface area (Å²) < 4.78 is 49.5. The van der Waals surface area contributed by atoms with E-state index in [1.165, 1.54) is 16.8 Å². The third-order valence-electron chi connectivity index (χ3n) is 5.81. The number of alkyl halides is 3. The monoisotopic (exact) mass is 459 g/mol. The molecule has 4 heterocycles. The van der Waals surface area contributed by atoms with Gasteiger partial charge in [-0.3, -0.25) is 4.79 Å². The van der Waals surface area contributed by atoms with Gasteiger partial charge in [0.25, 0.3) is 5.91 Å². The molecule has 0 fully saturated rings. The topological polar surface area (TPSA) is 104 Å². The van der Waals surface area contributed by atoms with E-state index in [4.69, 9.17) is 15.2 Å². The lowest BCUT2D eigenvalue weighted by Crippen LogP contribution is -2.53. The van der Waals surface area contributed by atoms with Crippen molar-refractivity contribution in [2.75, 3.05) is 18.9 Å². The van der Waals surface area contributed by atoms with Crippen molar-refractivity contribution >= 4 is 11.7 Å². The number of nitrogens with zero attached hydrogens (tertiary/aromatic N) is 3. The number of aromatic nitrogens is 3. The van der Waals surface area contributed by atoms with E-state index in [9.17, 15) is 18.0 Å². The number of rotatable bonds is 3. The number of nitrogens with two attached hydrogens (primary N) is 1. The normalized spacial score (nSPS) is 19.5. The van der Waals surface area contributed by atoms with Crippen molar-refractivity contribution in [3.8, 4) is 17.3 Å². The Balaban J connectivity index is 1.50. The van der Waals surface area contributed by atoms with Crippen LogP contribution in [-0.2, 0) is 12.0 Å². The molecule has 0 radical (unpaired) electrons. The molecule has 2 aromatic heterocycles. The predicted octanol–water partition coefficient (Wildman–Crippen LogP) is 3.06. The fourth-order valence-corrected chi connectivity index (χ4v) is 4.27. The van der Waals surface area contributed by atoms with Crippen molar-refractivity contribution < 1.29 is 27.4 Å². The molecule has 3 aromatic rings. The molecule has 172 valence electrons. The second-order valence-corrected chi connectivity index (χ2v) is 8.19. The zero-order chi connectivity index (χ0) is 23.4. The number of ether oxygens (including phenoxy) is 2. The molecule has 1 spiro atoms. The molecule has 2 aliphatic heterocycles. The molecule has 0 aliphatic carbocycles. The highest BCUT2D eigenvalue weighted by Gasteiger charge is 2.46. The number of carbonyl (C=O) groups is 1. The molecule has 2 aliphatic rings. The third-order valence-corrected chi connectivity index (χ3v) is 5.81. The first kappa shape index (κ1) is 21.1. The molecule has 0 saturated carbocycles. The van der Waals surface area contributed by atoms with Crippen LogP contribution in [0.15, 0.2) is 36.5 Å². The number of hydrogen-bond donors (Lipinski definition) is 2. The fourth-order valence-electron chi connectivity index (χ4n) is 4.27. The molecular weight excluding hydrogens is 439 g/mol. The zero-order valence-electron chi connectivity index (χ0n) is 17.6. The molecule has 0 bridgehead atoms. The van der Waals surface area contributed by atoms with Gasteiger partial charge in [0.15, 0.2) is 12.4 Å². The average Bonchev–Trinajstić information content (AvgIpc) is 3.09. The van der Waals surface area contributed by atoms with Gasteiger partial charge in [-0.1, -0.05) is 6.07 Å².